The number of aromatic nitrogens is 2. The van der Waals surface area contributed by atoms with Gasteiger partial charge in [0, 0.05) is 28.2 Å². The number of rotatable bonds is 8. The van der Waals surface area contributed by atoms with E-state index in [0.717, 1.165) is 44.9 Å². The van der Waals surface area contributed by atoms with Gasteiger partial charge in [-0.3, -0.25) is 0 Å². The molecule has 0 unspecified atom stereocenters. The van der Waals surface area contributed by atoms with Crippen LogP contribution in [0.4, 0.5) is 17.1 Å². The topological polar surface area (TPSA) is 42.2 Å². The standard InChI is InChI=1S/C52H47N3O/c1-51(2,3)40-26-32-43(33-27-40)55(44-34-28-41(29-35-44)52(4,5)6)42-30-24-37(25-31-42)46-17-11-13-19-48(46)47-18-12-10-16-45(47)36-20-22-39(23-21-36)50-54-53-49(56-50)38-14-8-7-9-15-38/h7-35H,1-6H3. The van der Waals surface area contributed by atoms with Crippen LogP contribution in [0, 0.1) is 0 Å². The van der Waals surface area contributed by atoms with Gasteiger partial charge in [0.25, 0.3) is 0 Å². The van der Waals surface area contributed by atoms with Crippen molar-refractivity contribution in [2.75, 3.05) is 4.90 Å². The molecule has 56 heavy (non-hydrogen) atoms. The zero-order valence-electron chi connectivity index (χ0n) is 33.0. The summed E-state index contributed by atoms with van der Waals surface area (Å²) < 4.78 is 6.04. The Morgan fingerprint density at radius 3 is 1.07 bits per heavy atom. The third-order valence-corrected chi connectivity index (χ3v) is 10.5. The summed E-state index contributed by atoms with van der Waals surface area (Å²) in [5.74, 6) is 1.01. The number of benzene rings is 7. The molecule has 0 radical (unpaired) electrons. The maximum Gasteiger partial charge on any atom is 0.248 e. The summed E-state index contributed by atoms with van der Waals surface area (Å²) in [7, 11) is 0. The monoisotopic (exact) mass is 729 g/mol. The van der Waals surface area contributed by atoms with Gasteiger partial charge in [-0.15, -0.1) is 10.2 Å². The third kappa shape index (κ3) is 7.56. The van der Waals surface area contributed by atoms with Gasteiger partial charge in [0.15, 0.2) is 0 Å². The minimum absolute atomic E-state index is 0.0805. The molecule has 0 aliphatic heterocycles. The highest BCUT2D eigenvalue weighted by Gasteiger charge is 2.20. The molecule has 0 N–H and O–H groups in total. The van der Waals surface area contributed by atoms with Gasteiger partial charge in [-0.1, -0.05) is 157 Å². The van der Waals surface area contributed by atoms with Gasteiger partial charge in [-0.05, 0) is 116 Å². The van der Waals surface area contributed by atoms with Crippen molar-refractivity contribution in [1.82, 2.24) is 10.2 Å². The van der Waals surface area contributed by atoms with Gasteiger partial charge in [0.1, 0.15) is 0 Å². The van der Waals surface area contributed by atoms with Gasteiger partial charge in [-0.25, -0.2) is 0 Å². The minimum atomic E-state index is 0.0805. The lowest BCUT2D eigenvalue weighted by atomic mass is 9.86. The summed E-state index contributed by atoms with van der Waals surface area (Å²) in [5, 5.41) is 8.62. The van der Waals surface area contributed by atoms with Crippen LogP contribution in [0.25, 0.3) is 56.3 Å². The Morgan fingerprint density at radius 1 is 0.339 bits per heavy atom. The van der Waals surface area contributed by atoms with Crippen LogP contribution >= 0.6 is 0 Å². The van der Waals surface area contributed by atoms with Gasteiger partial charge >= 0.3 is 0 Å². The molecule has 0 saturated carbocycles. The highest BCUT2D eigenvalue weighted by Crippen LogP contribution is 2.41. The van der Waals surface area contributed by atoms with Gasteiger partial charge in [-0.2, -0.15) is 0 Å². The van der Waals surface area contributed by atoms with Crippen molar-refractivity contribution in [1.29, 1.82) is 0 Å². The second-order valence-electron chi connectivity index (χ2n) is 16.4. The average molecular weight is 730 g/mol. The van der Waals surface area contributed by atoms with Crippen LogP contribution in [0.1, 0.15) is 52.7 Å². The highest BCUT2D eigenvalue weighted by atomic mass is 16.4. The van der Waals surface area contributed by atoms with E-state index >= 15 is 0 Å². The van der Waals surface area contributed by atoms with Crippen molar-refractivity contribution in [3.05, 3.63) is 187 Å². The first-order chi connectivity index (χ1) is 27.0. The van der Waals surface area contributed by atoms with E-state index in [-0.39, 0.29) is 10.8 Å². The number of anilines is 3. The molecule has 0 spiro atoms. The second-order valence-corrected chi connectivity index (χ2v) is 16.4. The molecular weight excluding hydrogens is 683 g/mol. The number of hydrogen-bond acceptors (Lipinski definition) is 4. The Kier molecular flexibility index (Phi) is 9.74. The summed E-state index contributed by atoms with van der Waals surface area (Å²) in [4.78, 5) is 2.35. The molecule has 276 valence electrons. The number of nitrogens with zero attached hydrogens (tertiary/aromatic N) is 3. The van der Waals surface area contributed by atoms with Crippen molar-refractivity contribution in [2.24, 2.45) is 0 Å². The van der Waals surface area contributed by atoms with E-state index < -0.39 is 0 Å². The van der Waals surface area contributed by atoms with Crippen molar-refractivity contribution in [3.8, 4) is 56.3 Å². The SMILES string of the molecule is CC(C)(C)c1ccc(N(c2ccc(-c3ccccc3-c3ccccc3-c3ccc(-c4nnc(-c5ccccc5)o4)cc3)cc2)c2ccc(C(C)(C)C)cc2)cc1. The lowest BCUT2D eigenvalue weighted by molar-refractivity contribution is 0.584. The predicted octanol–water partition coefficient (Wildman–Crippen LogP) is 14.5. The molecule has 7 aromatic carbocycles. The lowest BCUT2D eigenvalue weighted by Gasteiger charge is -2.28. The van der Waals surface area contributed by atoms with Gasteiger partial charge in [0.2, 0.25) is 11.8 Å². The summed E-state index contributed by atoms with van der Waals surface area (Å²) in [6.07, 6.45) is 0. The fraction of sp³-hybridized carbons (Fsp3) is 0.154. The van der Waals surface area contributed by atoms with Crippen molar-refractivity contribution < 1.29 is 4.42 Å². The largest absolute Gasteiger partial charge is 0.416 e. The van der Waals surface area contributed by atoms with Crippen LogP contribution in [0.3, 0.4) is 0 Å². The molecule has 0 saturated heterocycles. The first kappa shape index (κ1) is 36.5. The fourth-order valence-corrected chi connectivity index (χ4v) is 7.23. The predicted molar refractivity (Wildman–Crippen MR) is 234 cm³/mol. The first-order valence-electron chi connectivity index (χ1n) is 19.3. The third-order valence-electron chi connectivity index (χ3n) is 10.5. The first-order valence-corrected chi connectivity index (χ1v) is 19.3. The van der Waals surface area contributed by atoms with Crippen LogP contribution in [-0.4, -0.2) is 10.2 Å². The second kappa shape index (κ2) is 15.0. The summed E-state index contributed by atoms with van der Waals surface area (Å²) >= 11 is 0. The quantitative estimate of drug-likeness (QED) is 0.156. The fourth-order valence-electron chi connectivity index (χ4n) is 7.23. The molecule has 4 nitrogen and oxygen atoms in total. The summed E-state index contributed by atoms with van der Waals surface area (Å²) in [5.41, 5.74) is 14.9. The van der Waals surface area contributed by atoms with E-state index in [0.29, 0.717) is 11.8 Å². The summed E-state index contributed by atoms with van der Waals surface area (Å²) in [6.45, 7) is 13.6. The maximum absolute atomic E-state index is 6.04. The normalized spacial score (nSPS) is 11.8. The molecule has 0 aliphatic carbocycles. The Balaban J connectivity index is 1.12. The van der Waals surface area contributed by atoms with Crippen LogP contribution < -0.4 is 4.90 Å². The van der Waals surface area contributed by atoms with Crippen LogP contribution in [0.2, 0.25) is 0 Å². The highest BCUT2D eigenvalue weighted by molar-refractivity contribution is 5.92. The molecule has 0 bridgehead atoms. The Hall–Kier alpha value is -6.52. The van der Waals surface area contributed by atoms with E-state index in [1.807, 2.05) is 30.3 Å². The van der Waals surface area contributed by atoms with Gasteiger partial charge in [0.05, 0.1) is 0 Å². The van der Waals surface area contributed by atoms with Crippen molar-refractivity contribution in [2.45, 2.75) is 52.4 Å². The lowest BCUT2D eigenvalue weighted by Crippen LogP contribution is -2.14. The maximum atomic E-state index is 6.04. The molecule has 0 atom stereocenters. The van der Waals surface area contributed by atoms with E-state index in [4.69, 9.17) is 4.42 Å². The van der Waals surface area contributed by atoms with Crippen LogP contribution in [0.15, 0.2) is 180 Å². The van der Waals surface area contributed by atoms with Gasteiger partial charge < -0.3 is 9.32 Å². The molecule has 4 heteroatoms. The van der Waals surface area contributed by atoms with E-state index in [1.165, 1.54) is 27.8 Å². The molecular formula is C52H47N3O. The average Bonchev–Trinajstić information content (AvgIpc) is 3.72. The smallest absolute Gasteiger partial charge is 0.248 e. The van der Waals surface area contributed by atoms with Crippen LogP contribution in [-0.2, 0) is 10.8 Å². The zero-order valence-corrected chi connectivity index (χ0v) is 33.0. The Labute approximate surface area is 331 Å². The number of hydrogen-bond donors (Lipinski definition) is 0. The minimum Gasteiger partial charge on any atom is -0.416 e. The Morgan fingerprint density at radius 2 is 0.661 bits per heavy atom. The zero-order chi connectivity index (χ0) is 38.9. The van der Waals surface area contributed by atoms with Crippen molar-refractivity contribution >= 4 is 17.1 Å². The molecule has 1 heterocycles. The van der Waals surface area contributed by atoms with E-state index in [2.05, 4.69) is 202 Å². The molecule has 8 rings (SSSR count). The Bertz CT molecular complexity index is 2500. The van der Waals surface area contributed by atoms with E-state index in [9.17, 15) is 0 Å². The molecule has 0 fully saturated rings. The molecule has 0 amide bonds. The summed E-state index contributed by atoms with van der Waals surface area (Å²) in [6, 6.07) is 62.5. The molecule has 8 aromatic rings. The van der Waals surface area contributed by atoms with Crippen LogP contribution in [0.5, 0.6) is 0 Å². The molecule has 1 aromatic heterocycles. The van der Waals surface area contributed by atoms with Crippen molar-refractivity contribution in [3.63, 3.8) is 0 Å². The van der Waals surface area contributed by atoms with E-state index in [1.54, 1.807) is 0 Å². The molecule has 0 aliphatic rings.